The van der Waals surface area contributed by atoms with Gasteiger partial charge in [-0.1, -0.05) is 0 Å². The molecule has 0 radical (unpaired) electrons. The van der Waals surface area contributed by atoms with Crippen LogP contribution in [0.4, 0.5) is 0 Å². The van der Waals surface area contributed by atoms with Crippen LogP contribution in [-0.4, -0.2) is 51.2 Å². The van der Waals surface area contributed by atoms with Crippen molar-refractivity contribution in [2.45, 2.75) is 12.5 Å². The molecule has 0 fully saturated rings. The summed E-state index contributed by atoms with van der Waals surface area (Å²) in [5, 5.41) is 12.2. The number of aliphatic hydroxyl groups excluding tert-OH is 1. The summed E-state index contributed by atoms with van der Waals surface area (Å²) in [6.07, 6.45) is 0. The third kappa shape index (κ3) is 4.66. The molecule has 0 aliphatic rings. The van der Waals surface area contributed by atoms with Gasteiger partial charge in [0.2, 0.25) is 0 Å². The highest BCUT2D eigenvalue weighted by Gasteiger charge is 2.21. The van der Waals surface area contributed by atoms with Crippen LogP contribution in [0.25, 0.3) is 0 Å². The van der Waals surface area contributed by atoms with Crippen LogP contribution in [0, 0.1) is 0 Å². The molecule has 0 rings (SSSR count). The molecule has 0 saturated carbocycles. The predicted molar refractivity (Wildman–Crippen MR) is 47.2 cm³/mol. The Morgan fingerprint density at radius 2 is 2.00 bits per heavy atom. The molecule has 0 saturated heterocycles. The molecule has 4 heteroatoms. The Labute approximate surface area is 73.9 Å². The summed E-state index contributed by atoms with van der Waals surface area (Å²) in [5.74, 6) is 0. The second kappa shape index (κ2) is 6.37. The van der Waals surface area contributed by atoms with Crippen LogP contribution in [0.15, 0.2) is 0 Å². The van der Waals surface area contributed by atoms with Crippen molar-refractivity contribution in [1.29, 1.82) is 0 Å². The van der Waals surface area contributed by atoms with E-state index in [-0.39, 0.29) is 12.1 Å². The Bertz CT molecular complexity index is 110. The monoisotopic (exact) mass is 177 g/mol. The Morgan fingerprint density at radius 3 is 2.42 bits per heavy atom. The molecule has 2 N–H and O–H groups in total. The van der Waals surface area contributed by atoms with Crippen molar-refractivity contribution in [3.8, 4) is 0 Å². The zero-order valence-corrected chi connectivity index (χ0v) is 8.09. The number of methoxy groups -OCH3 is 2. The normalized spacial score (nSPS) is 16.0. The summed E-state index contributed by atoms with van der Waals surface area (Å²) >= 11 is 0. The second-order valence-corrected chi connectivity index (χ2v) is 3.07. The van der Waals surface area contributed by atoms with Crippen LogP contribution in [0.3, 0.4) is 0 Å². The standard InChI is InChI=1S/C8H19NO3/c1-8(6-10,7-12-3)9-4-5-11-2/h9-10H,4-7H2,1-3H3. The Morgan fingerprint density at radius 1 is 1.33 bits per heavy atom. The third-order valence-corrected chi connectivity index (χ3v) is 1.67. The zero-order chi connectivity index (χ0) is 9.45. The first-order valence-electron chi connectivity index (χ1n) is 4.02. The number of hydrogen-bond acceptors (Lipinski definition) is 4. The minimum Gasteiger partial charge on any atom is -0.394 e. The summed E-state index contributed by atoms with van der Waals surface area (Å²) in [6, 6.07) is 0. The molecular weight excluding hydrogens is 158 g/mol. The van der Waals surface area contributed by atoms with E-state index >= 15 is 0 Å². The highest BCUT2D eigenvalue weighted by atomic mass is 16.5. The summed E-state index contributed by atoms with van der Waals surface area (Å²) in [5.41, 5.74) is -0.354. The van der Waals surface area contributed by atoms with Crippen LogP contribution in [0.5, 0.6) is 0 Å². The number of ether oxygens (including phenoxy) is 2. The topological polar surface area (TPSA) is 50.7 Å². The maximum atomic E-state index is 9.03. The van der Waals surface area contributed by atoms with Crippen molar-refractivity contribution < 1.29 is 14.6 Å². The first kappa shape index (κ1) is 11.8. The van der Waals surface area contributed by atoms with Gasteiger partial charge in [-0.3, -0.25) is 0 Å². The van der Waals surface area contributed by atoms with Crippen LogP contribution in [-0.2, 0) is 9.47 Å². The number of hydrogen-bond donors (Lipinski definition) is 2. The van der Waals surface area contributed by atoms with E-state index in [1.165, 1.54) is 0 Å². The van der Waals surface area contributed by atoms with E-state index in [2.05, 4.69) is 5.32 Å². The fourth-order valence-corrected chi connectivity index (χ4v) is 0.926. The fourth-order valence-electron chi connectivity index (χ4n) is 0.926. The number of aliphatic hydroxyl groups is 1. The molecular formula is C8H19NO3. The molecule has 12 heavy (non-hydrogen) atoms. The summed E-state index contributed by atoms with van der Waals surface area (Å²) in [6.45, 7) is 3.82. The van der Waals surface area contributed by atoms with Gasteiger partial charge in [-0.25, -0.2) is 0 Å². The van der Waals surface area contributed by atoms with Gasteiger partial charge in [0, 0.05) is 20.8 Å². The lowest BCUT2D eigenvalue weighted by atomic mass is 10.1. The molecule has 0 aromatic carbocycles. The van der Waals surface area contributed by atoms with Gasteiger partial charge in [-0.2, -0.15) is 0 Å². The summed E-state index contributed by atoms with van der Waals surface area (Å²) in [7, 11) is 3.26. The van der Waals surface area contributed by atoms with Crippen molar-refractivity contribution in [1.82, 2.24) is 5.32 Å². The Balaban J connectivity index is 3.63. The Kier molecular flexibility index (Phi) is 6.28. The lowest BCUT2D eigenvalue weighted by Crippen LogP contribution is -2.50. The summed E-state index contributed by atoms with van der Waals surface area (Å²) in [4.78, 5) is 0. The van der Waals surface area contributed by atoms with Gasteiger partial charge < -0.3 is 19.9 Å². The quantitative estimate of drug-likeness (QED) is 0.520. The first-order chi connectivity index (χ1) is 5.68. The average Bonchev–Trinajstić information content (AvgIpc) is 2.06. The number of rotatable bonds is 7. The van der Waals surface area contributed by atoms with E-state index in [9.17, 15) is 0 Å². The van der Waals surface area contributed by atoms with Gasteiger partial charge in [-0.15, -0.1) is 0 Å². The van der Waals surface area contributed by atoms with E-state index in [1.54, 1.807) is 14.2 Å². The highest BCUT2D eigenvalue weighted by Crippen LogP contribution is 2.01. The van der Waals surface area contributed by atoms with E-state index in [1.807, 2.05) is 6.92 Å². The molecule has 0 aliphatic carbocycles. The third-order valence-electron chi connectivity index (χ3n) is 1.67. The minimum atomic E-state index is -0.354. The lowest BCUT2D eigenvalue weighted by Gasteiger charge is -2.27. The van der Waals surface area contributed by atoms with E-state index in [4.69, 9.17) is 14.6 Å². The zero-order valence-electron chi connectivity index (χ0n) is 8.09. The molecule has 4 nitrogen and oxygen atoms in total. The molecule has 0 aliphatic heterocycles. The smallest absolute Gasteiger partial charge is 0.0664 e. The van der Waals surface area contributed by atoms with Gasteiger partial charge in [0.05, 0.1) is 25.4 Å². The summed E-state index contributed by atoms with van der Waals surface area (Å²) < 4.78 is 9.84. The van der Waals surface area contributed by atoms with Crippen LogP contribution in [0.1, 0.15) is 6.92 Å². The van der Waals surface area contributed by atoms with Gasteiger partial charge in [0.15, 0.2) is 0 Å². The average molecular weight is 177 g/mol. The molecule has 1 unspecified atom stereocenters. The van der Waals surface area contributed by atoms with Crippen LogP contribution >= 0.6 is 0 Å². The maximum Gasteiger partial charge on any atom is 0.0664 e. The molecule has 0 aromatic heterocycles. The molecule has 0 aromatic rings. The van der Waals surface area contributed by atoms with E-state index < -0.39 is 0 Å². The molecule has 1 atom stereocenters. The lowest BCUT2D eigenvalue weighted by molar-refractivity contribution is 0.0674. The highest BCUT2D eigenvalue weighted by molar-refractivity contribution is 4.81. The van der Waals surface area contributed by atoms with Gasteiger partial charge in [0.1, 0.15) is 0 Å². The minimum absolute atomic E-state index is 0.0601. The van der Waals surface area contributed by atoms with Crippen molar-refractivity contribution >= 4 is 0 Å². The predicted octanol–water partition coefficient (Wildman–Crippen LogP) is -0.380. The van der Waals surface area contributed by atoms with Crippen LogP contribution in [0.2, 0.25) is 0 Å². The Hall–Kier alpha value is -0.160. The van der Waals surface area contributed by atoms with Crippen LogP contribution < -0.4 is 5.32 Å². The van der Waals surface area contributed by atoms with Crippen molar-refractivity contribution in [3.05, 3.63) is 0 Å². The van der Waals surface area contributed by atoms with Crippen molar-refractivity contribution in [2.75, 3.05) is 40.6 Å². The van der Waals surface area contributed by atoms with Gasteiger partial charge in [0.25, 0.3) is 0 Å². The van der Waals surface area contributed by atoms with Gasteiger partial charge >= 0.3 is 0 Å². The molecule has 0 bridgehead atoms. The van der Waals surface area contributed by atoms with E-state index in [0.29, 0.717) is 13.2 Å². The SMILES string of the molecule is COCCNC(C)(CO)COC. The molecule has 0 heterocycles. The number of nitrogens with one attached hydrogen (secondary N) is 1. The fraction of sp³-hybridized carbons (Fsp3) is 1.00. The largest absolute Gasteiger partial charge is 0.394 e. The van der Waals surface area contributed by atoms with Gasteiger partial charge in [-0.05, 0) is 6.92 Å². The van der Waals surface area contributed by atoms with Crippen molar-refractivity contribution in [3.63, 3.8) is 0 Å². The van der Waals surface area contributed by atoms with Crippen molar-refractivity contribution in [2.24, 2.45) is 0 Å². The second-order valence-electron chi connectivity index (χ2n) is 3.07. The van der Waals surface area contributed by atoms with E-state index in [0.717, 1.165) is 6.54 Å². The molecule has 74 valence electrons. The first-order valence-corrected chi connectivity index (χ1v) is 4.02. The molecule has 0 spiro atoms. The molecule has 0 amide bonds. The maximum absolute atomic E-state index is 9.03.